The summed E-state index contributed by atoms with van der Waals surface area (Å²) in [5, 5.41) is 4.54. The molecule has 2 heteroatoms. The molecular formula is C15H22ClN. The zero-order chi connectivity index (χ0) is 12.3. The van der Waals surface area contributed by atoms with E-state index in [-0.39, 0.29) is 0 Å². The first kappa shape index (κ1) is 12.9. The quantitative estimate of drug-likeness (QED) is 0.835. The van der Waals surface area contributed by atoms with Crippen molar-refractivity contribution < 1.29 is 0 Å². The Labute approximate surface area is 110 Å². The number of likely N-dealkylation sites (N-methyl/N-ethyl adjacent to an activating group) is 1. The summed E-state index contributed by atoms with van der Waals surface area (Å²) >= 11 is 6.31. The molecule has 0 radical (unpaired) electrons. The average Bonchev–Trinajstić information content (AvgIpc) is 2.20. The molecule has 0 aliphatic heterocycles. The Kier molecular flexibility index (Phi) is 4.47. The van der Waals surface area contributed by atoms with Crippen LogP contribution in [-0.2, 0) is 6.42 Å². The van der Waals surface area contributed by atoms with E-state index in [1.165, 1.54) is 30.4 Å². The van der Waals surface area contributed by atoms with E-state index in [1.54, 1.807) is 0 Å². The third-order valence-electron chi connectivity index (χ3n) is 3.83. The zero-order valence-corrected chi connectivity index (χ0v) is 11.6. The summed E-state index contributed by atoms with van der Waals surface area (Å²) in [5.41, 5.74) is 2.53. The minimum Gasteiger partial charge on any atom is -0.314 e. The monoisotopic (exact) mass is 251 g/mol. The fraction of sp³-hybridized carbons (Fsp3) is 0.600. The van der Waals surface area contributed by atoms with Crippen molar-refractivity contribution in [2.45, 2.75) is 45.6 Å². The van der Waals surface area contributed by atoms with Crippen LogP contribution in [0.15, 0.2) is 18.2 Å². The van der Waals surface area contributed by atoms with E-state index in [4.69, 9.17) is 11.6 Å². The number of nitrogens with one attached hydrogen (secondary N) is 1. The molecule has 1 unspecified atom stereocenters. The highest BCUT2D eigenvalue weighted by Crippen LogP contribution is 2.32. The molecule has 2 rings (SSSR count). The highest BCUT2D eigenvalue weighted by atomic mass is 35.5. The fourth-order valence-corrected chi connectivity index (χ4v) is 2.88. The van der Waals surface area contributed by atoms with Gasteiger partial charge in [0.05, 0.1) is 0 Å². The molecule has 17 heavy (non-hydrogen) atoms. The Morgan fingerprint density at radius 1 is 1.41 bits per heavy atom. The highest BCUT2D eigenvalue weighted by molar-refractivity contribution is 6.31. The van der Waals surface area contributed by atoms with Gasteiger partial charge in [0.15, 0.2) is 0 Å². The summed E-state index contributed by atoms with van der Waals surface area (Å²) in [6.07, 6.45) is 5.22. The summed E-state index contributed by atoms with van der Waals surface area (Å²) < 4.78 is 0. The number of benzene rings is 1. The molecule has 1 atom stereocenters. The molecule has 1 nitrogen and oxygen atoms in total. The van der Waals surface area contributed by atoms with Crippen molar-refractivity contribution >= 4 is 11.6 Å². The predicted octanol–water partition coefficient (Wildman–Crippen LogP) is 3.97. The first-order valence-electron chi connectivity index (χ1n) is 6.69. The maximum Gasteiger partial charge on any atom is 0.0441 e. The molecule has 1 aromatic rings. The van der Waals surface area contributed by atoms with Crippen molar-refractivity contribution in [1.82, 2.24) is 5.32 Å². The lowest BCUT2D eigenvalue weighted by molar-refractivity contribution is 0.229. The predicted molar refractivity (Wildman–Crippen MR) is 74.7 cm³/mol. The van der Waals surface area contributed by atoms with Crippen molar-refractivity contribution in [3.8, 4) is 0 Å². The molecule has 0 bridgehead atoms. The van der Waals surface area contributed by atoms with Crippen LogP contribution in [0.25, 0.3) is 0 Å². The number of halogens is 1. The van der Waals surface area contributed by atoms with Crippen LogP contribution in [0.4, 0.5) is 0 Å². The topological polar surface area (TPSA) is 12.0 Å². The Bertz CT molecular complexity index is 371. The molecule has 1 aliphatic rings. The van der Waals surface area contributed by atoms with Crippen molar-refractivity contribution in [3.63, 3.8) is 0 Å². The van der Waals surface area contributed by atoms with Crippen LogP contribution >= 0.6 is 11.6 Å². The van der Waals surface area contributed by atoms with Crippen LogP contribution in [-0.4, -0.2) is 12.6 Å². The first-order valence-corrected chi connectivity index (χ1v) is 7.07. The highest BCUT2D eigenvalue weighted by Gasteiger charge is 2.27. The lowest BCUT2D eigenvalue weighted by Gasteiger charge is -2.34. The lowest BCUT2D eigenvalue weighted by Crippen LogP contribution is -2.41. The van der Waals surface area contributed by atoms with Crippen molar-refractivity contribution in [2.24, 2.45) is 5.92 Å². The number of rotatable bonds is 5. The largest absolute Gasteiger partial charge is 0.314 e. The van der Waals surface area contributed by atoms with E-state index in [0.717, 1.165) is 23.9 Å². The van der Waals surface area contributed by atoms with Gasteiger partial charge in [-0.3, -0.25) is 0 Å². The number of hydrogen-bond acceptors (Lipinski definition) is 1. The Morgan fingerprint density at radius 2 is 2.18 bits per heavy atom. The van der Waals surface area contributed by atoms with Gasteiger partial charge in [-0.2, -0.15) is 0 Å². The molecule has 1 saturated carbocycles. The van der Waals surface area contributed by atoms with Gasteiger partial charge in [0.2, 0.25) is 0 Å². The molecule has 0 aromatic heterocycles. The minimum atomic E-state index is 0.606. The van der Waals surface area contributed by atoms with Crippen LogP contribution in [0.2, 0.25) is 5.02 Å². The average molecular weight is 252 g/mol. The van der Waals surface area contributed by atoms with Gasteiger partial charge >= 0.3 is 0 Å². The number of hydrogen-bond donors (Lipinski definition) is 1. The van der Waals surface area contributed by atoms with Gasteiger partial charge in [0.1, 0.15) is 0 Å². The second-order valence-electron chi connectivity index (χ2n) is 5.15. The minimum absolute atomic E-state index is 0.606. The number of aryl methyl sites for hydroxylation is 1. The summed E-state index contributed by atoms with van der Waals surface area (Å²) in [7, 11) is 0. The first-order chi connectivity index (χ1) is 8.20. The summed E-state index contributed by atoms with van der Waals surface area (Å²) in [6.45, 7) is 5.32. The van der Waals surface area contributed by atoms with E-state index in [9.17, 15) is 0 Å². The van der Waals surface area contributed by atoms with Crippen LogP contribution in [0.5, 0.6) is 0 Å². The molecule has 0 spiro atoms. The molecule has 1 aliphatic carbocycles. The molecule has 0 amide bonds. The lowest BCUT2D eigenvalue weighted by atomic mass is 9.77. The Morgan fingerprint density at radius 3 is 2.71 bits per heavy atom. The maximum absolute atomic E-state index is 6.31. The third kappa shape index (κ3) is 3.23. The van der Waals surface area contributed by atoms with Crippen LogP contribution in [0.1, 0.15) is 37.3 Å². The zero-order valence-electron chi connectivity index (χ0n) is 10.8. The van der Waals surface area contributed by atoms with Gasteiger partial charge in [-0.15, -0.1) is 0 Å². The molecule has 1 N–H and O–H groups in total. The Balaban J connectivity index is 2.05. The molecule has 0 saturated heterocycles. The van der Waals surface area contributed by atoms with E-state index in [2.05, 4.69) is 37.4 Å². The van der Waals surface area contributed by atoms with Gasteiger partial charge in [0.25, 0.3) is 0 Å². The summed E-state index contributed by atoms with van der Waals surface area (Å²) in [5.74, 6) is 0.854. The molecule has 94 valence electrons. The van der Waals surface area contributed by atoms with Gasteiger partial charge in [-0.05, 0) is 55.8 Å². The normalized spacial score (nSPS) is 17.8. The van der Waals surface area contributed by atoms with Gasteiger partial charge in [-0.25, -0.2) is 0 Å². The SMILES string of the molecule is CCNC(Cc1ccc(C)cc1Cl)C1CCC1. The summed E-state index contributed by atoms with van der Waals surface area (Å²) in [4.78, 5) is 0. The van der Waals surface area contributed by atoms with E-state index < -0.39 is 0 Å². The smallest absolute Gasteiger partial charge is 0.0441 e. The second kappa shape index (κ2) is 5.88. The molecule has 0 heterocycles. The van der Waals surface area contributed by atoms with Gasteiger partial charge in [0, 0.05) is 11.1 Å². The van der Waals surface area contributed by atoms with Crippen LogP contribution in [0.3, 0.4) is 0 Å². The third-order valence-corrected chi connectivity index (χ3v) is 4.19. The maximum atomic E-state index is 6.31. The van der Waals surface area contributed by atoms with Gasteiger partial charge < -0.3 is 5.32 Å². The Hall–Kier alpha value is -0.530. The standard InChI is InChI=1S/C15H22ClN/c1-3-17-15(12-5-4-6-12)10-13-8-7-11(2)9-14(13)16/h7-9,12,15,17H,3-6,10H2,1-2H3. The summed E-state index contributed by atoms with van der Waals surface area (Å²) in [6, 6.07) is 7.01. The van der Waals surface area contributed by atoms with E-state index in [1.807, 2.05) is 0 Å². The van der Waals surface area contributed by atoms with Crippen molar-refractivity contribution in [3.05, 3.63) is 34.3 Å². The molecule has 1 aromatic carbocycles. The van der Waals surface area contributed by atoms with Crippen molar-refractivity contribution in [1.29, 1.82) is 0 Å². The van der Waals surface area contributed by atoms with Crippen LogP contribution < -0.4 is 5.32 Å². The fourth-order valence-electron chi connectivity index (χ4n) is 2.56. The van der Waals surface area contributed by atoms with Crippen LogP contribution in [0, 0.1) is 12.8 Å². The second-order valence-corrected chi connectivity index (χ2v) is 5.56. The molecular weight excluding hydrogens is 230 g/mol. The van der Waals surface area contributed by atoms with Gasteiger partial charge in [-0.1, -0.05) is 37.1 Å². The van der Waals surface area contributed by atoms with E-state index in [0.29, 0.717) is 6.04 Å². The molecule has 1 fully saturated rings. The van der Waals surface area contributed by atoms with E-state index >= 15 is 0 Å². The van der Waals surface area contributed by atoms with Crippen molar-refractivity contribution in [2.75, 3.05) is 6.54 Å².